The van der Waals surface area contributed by atoms with Crippen LogP contribution in [0.15, 0.2) is 48.6 Å². The maximum Gasteiger partial charge on any atom is 0.331 e. The van der Waals surface area contributed by atoms with Gasteiger partial charge in [0.2, 0.25) is 0 Å². The van der Waals surface area contributed by atoms with Crippen LogP contribution in [0.4, 0.5) is 0 Å². The maximum atomic E-state index is 14.1. The molecule has 0 radical (unpaired) electrons. The van der Waals surface area contributed by atoms with Gasteiger partial charge in [0.15, 0.2) is 23.6 Å². The van der Waals surface area contributed by atoms with Gasteiger partial charge in [0.25, 0.3) is 0 Å². The molecule has 0 amide bonds. The molecule has 3 aliphatic carbocycles. The lowest BCUT2D eigenvalue weighted by Crippen LogP contribution is -2.80. The molecule has 11 atom stereocenters. The Balaban J connectivity index is 1.76. The molecule has 13 nitrogen and oxygen atoms in total. The van der Waals surface area contributed by atoms with Crippen molar-refractivity contribution < 1.29 is 62.3 Å². The van der Waals surface area contributed by atoms with Gasteiger partial charge in [0.05, 0.1) is 12.0 Å². The number of ketones is 1. The van der Waals surface area contributed by atoms with Crippen LogP contribution in [0.3, 0.4) is 0 Å². The van der Waals surface area contributed by atoms with E-state index in [1.54, 1.807) is 44.2 Å². The van der Waals surface area contributed by atoms with E-state index in [1.165, 1.54) is 26.8 Å². The summed E-state index contributed by atoms with van der Waals surface area (Å²) in [5.41, 5.74) is -6.51. The highest BCUT2D eigenvalue weighted by Crippen LogP contribution is 2.67. The summed E-state index contributed by atoms with van der Waals surface area (Å²) >= 11 is 0. The molecule has 1 N–H and O–H groups in total. The summed E-state index contributed by atoms with van der Waals surface area (Å²) in [6.45, 7) is 13.3. The summed E-state index contributed by atoms with van der Waals surface area (Å²) < 4.78 is 35.9. The number of esters is 5. The fraction of sp³-hybridized carbons (Fsp3) is 0.568. The van der Waals surface area contributed by atoms with Gasteiger partial charge in [-0.25, -0.2) is 4.79 Å². The van der Waals surface area contributed by atoms with Crippen LogP contribution in [0.25, 0.3) is 6.08 Å². The maximum absolute atomic E-state index is 14.1. The Hall–Kier alpha value is -4.36. The first kappa shape index (κ1) is 36.9. The highest BCUT2D eigenvalue weighted by atomic mass is 16.6. The molecule has 13 heteroatoms. The first-order valence-electron chi connectivity index (χ1n) is 16.5. The zero-order valence-electron chi connectivity index (χ0n) is 29.3. The second-order valence-corrected chi connectivity index (χ2v) is 14.3. The van der Waals surface area contributed by atoms with Crippen LogP contribution in [0, 0.1) is 22.7 Å². The molecule has 50 heavy (non-hydrogen) atoms. The molecule has 4 bridgehead atoms. The first-order chi connectivity index (χ1) is 23.3. The summed E-state index contributed by atoms with van der Waals surface area (Å²) in [6, 6.07) is 9.03. The van der Waals surface area contributed by atoms with Gasteiger partial charge in [0.1, 0.15) is 23.9 Å². The zero-order chi connectivity index (χ0) is 37.0. The highest BCUT2D eigenvalue weighted by molar-refractivity contribution is 5.91. The largest absolute Gasteiger partial charge is 0.462 e. The Bertz CT molecular complexity index is 1630. The van der Waals surface area contributed by atoms with Crippen LogP contribution < -0.4 is 0 Å². The Morgan fingerprint density at radius 3 is 2.02 bits per heavy atom. The van der Waals surface area contributed by atoms with Crippen LogP contribution >= 0.6 is 0 Å². The molecule has 5 rings (SSSR count). The van der Waals surface area contributed by atoms with Crippen molar-refractivity contribution in [3.8, 4) is 0 Å². The molecule has 1 saturated heterocycles. The lowest BCUT2D eigenvalue weighted by Gasteiger charge is -2.64. The Morgan fingerprint density at radius 2 is 1.44 bits per heavy atom. The second-order valence-electron chi connectivity index (χ2n) is 14.3. The smallest absolute Gasteiger partial charge is 0.331 e. The predicted octanol–water partition coefficient (Wildman–Crippen LogP) is 3.05. The third kappa shape index (κ3) is 5.73. The summed E-state index contributed by atoms with van der Waals surface area (Å²) in [5, 5.41) is 13.0. The molecule has 1 aromatic carbocycles. The third-order valence-corrected chi connectivity index (χ3v) is 11.3. The normalized spacial score (nSPS) is 39.0. The van der Waals surface area contributed by atoms with Gasteiger partial charge < -0.3 is 33.5 Å². The monoisotopic (exact) mass is 696 g/mol. The van der Waals surface area contributed by atoms with Gasteiger partial charge >= 0.3 is 29.8 Å². The van der Waals surface area contributed by atoms with E-state index in [9.17, 15) is 33.9 Å². The van der Waals surface area contributed by atoms with E-state index in [0.717, 1.165) is 19.4 Å². The van der Waals surface area contributed by atoms with E-state index < -0.39 is 100 Å². The third-order valence-electron chi connectivity index (χ3n) is 11.3. The van der Waals surface area contributed by atoms with Gasteiger partial charge in [-0.1, -0.05) is 50.8 Å². The van der Waals surface area contributed by atoms with Crippen LogP contribution in [0.1, 0.15) is 66.9 Å². The van der Waals surface area contributed by atoms with Crippen molar-refractivity contribution in [2.45, 2.75) is 103 Å². The number of hydrogen-bond acceptors (Lipinski definition) is 13. The standard InChI is InChI=1S/C37H44O13/c1-19-26(50-29(43)15-14-24-12-10-9-11-13-24)17-28(46-20(2)38)35(7)30(19)31(47-21(3)39)25-16-27(42)36(8)37(44,34(25,6)18-45-36)33(49-23(5)41)32(35)48-22(4)40/h9-15,25-26,28,30-33,44H,1,16-18H2,2-8H3/t25-,26-,28+,30?,31-,32+,33+,34-,35+,36-,37+/m0/s1. The van der Waals surface area contributed by atoms with Crippen LogP contribution in [0.2, 0.25) is 0 Å². The molecule has 3 saturated carbocycles. The Kier molecular flexibility index (Phi) is 9.65. The lowest BCUT2D eigenvalue weighted by atomic mass is 9.44. The van der Waals surface area contributed by atoms with Gasteiger partial charge in [-0.05, 0) is 24.1 Å². The number of carbonyl (C=O) groups excluding carboxylic acids is 6. The van der Waals surface area contributed by atoms with E-state index in [2.05, 4.69) is 6.58 Å². The molecule has 4 aliphatic rings. The summed E-state index contributed by atoms with van der Waals surface area (Å²) in [4.78, 5) is 78.9. The fourth-order valence-corrected chi connectivity index (χ4v) is 8.98. The summed E-state index contributed by atoms with van der Waals surface area (Å²) in [6.07, 6.45) is -4.76. The SMILES string of the molecule is C=C1C2[C@@H](OC(C)=O)[C@@H]3CC(=O)[C@]4(C)OC[C@]3(C)[C@]4(O)[C@H](OC(C)=O)[C@@H](OC(C)=O)[C@]2(C)[C@H](OC(C)=O)C[C@@H]1OC(=O)C=Cc1ccccc1. The molecular formula is C37H44O13. The van der Waals surface area contributed by atoms with Crippen LogP contribution in [0.5, 0.6) is 0 Å². The van der Waals surface area contributed by atoms with Gasteiger partial charge in [-0.2, -0.15) is 0 Å². The molecule has 1 unspecified atom stereocenters. The van der Waals surface area contributed by atoms with E-state index in [4.69, 9.17) is 28.4 Å². The highest BCUT2D eigenvalue weighted by Gasteiger charge is 2.82. The zero-order valence-corrected chi connectivity index (χ0v) is 29.3. The molecule has 0 aromatic heterocycles. The fourth-order valence-electron chi connectivity index (χ4n) is 8.98. The second kappa shape index (κ2) is 13.1. The van der Waals surface area contributed by atoms with Crippen molar-refractivity contribution in [3.05, 3.63) is 54.1 Å². The number of aliphatic hydroxyl groups is 1. The minimum Gasteiger partial charge on any atom is -0.462 e. The van der Waals surface area contributed by atoms with E-state index in [0.29, 0.717) is 0 Å². The number of carbonyl (C=O) groups is 6. The van der Waals surface area contributed by atoms with Crippen molar-refractivity contribution in [2.75, 3.05) is 6.61 Å². The molecular weight excluding hydrogens is 652 g/mol. The minimum absolute atomic E-state index is 0.194. The molecule has 4 fully saturated rings. The molecule has 1 aromatic rings. The van der Waals surface area contributed by atoms with Crippen molar-refractivity contribution in [2.24, 2.45) is 22.7 Å². The summed E-state index contributed by atoms with van der Waals surface area (Å²) in [5.74, 6) is -6.69. The first-order valence-corrected chi connectivity index (χ1v) is 16.5. The molecule has 1 aliphatic heterocycles. The van der Waals surface area contributed by atoms with Crippen LogP contribution in [-0.2, 0) is 57.2 Å². The van der Waals surface area contributed by atoms with Crippen molar-refractivity contribution in [3.63, 3.8) is 0 Å². The average molecular weight is 697 g/mol. The van der Waals surface area contributed by atoms with Crippen molar-refractivity contribution >= 4 is 41.7 Å². The quantitative estimate of drug-likeness (QED) is 0.191. The van der Waals surface area contributed by atoms with E-state index in [1.807, 2.05) is 6.07 Å². The Labute approximate surface area is 290 Å². The Morgan fingerprint density at radius 1 is 0.860 bits per heavy atom. The van der Waals surface area contributed by atoms with E-state index in [-0.39, 0.29) is 25.0 Å². The molecule has 1 heterocycles. The summed E-state index contributed by atoms with van der Waals surface area (Å²) in [7, 11) is 0. The minimum atomic E-state index is -2.36. The number of hydrogen-bond donors (Lipinski definition) is 1. The van der Waals surface area contributed by atoms with Crippen molar-refractivity contribution in [1.29, 1.82) is 0 Å². The number of fused-ring (bicyclic) bond motifs is 1. The molecule has 0 spiro atoms. The number of ether oxygens (including phenoxy) is 6. The lowest BCUT2D eigenvalue weighted by molar-refractivity contribution is -0.295. The van der Waals surface area contributed by atoms with Crippen LogP contribution in [-0.4, -0.2) is 89.1 Å². The van der Waals surface area contributed by atoms with Gasteiger partial charge in [-0.15, -0.1) is 0 Å². The predicted molar refractivity (Wildman–Crippen MR) is 173 cm³/mol. The average Bonchev–Trinajstić information content (AvgIpc) is 3.17. The topological polar surface area (TPSA) is 178 Å². The molecule has 270 valence electrons. The van der Waals surface area contributed by atoms with Crippen molar-refractivity contribution in [1.82, 2.24) is 0 Å². The van der Waals surface area contributed by atoms with E-state index >= 15 is 0 Å². The van der Waals surface area contributed by atoms with Gasteiger partial charge in [-0.3, -0.25) is 24.0 Å². The number of Topliss-reactive ketones (excluding diaryl/α,β-unsaturated/α-hetero) is 1. The van der Waals surface area contributed by atoms with Gasteiger partial charge in [0, 0.05) is 63.9 Å². The number of benzene rings is 1. The number of rotatable bonds is 7.